The summed E-state index contributed by atoms with van der Waals surface area (Å²) in [4.78, 5) is 25.6. The minimum atomic E-state index is 0.0919. The highest BCUT2D eigenvalue weighted by atomic mass is 32.1. The fraction of sp³-hybridized carbons (Fsp3) is 0.611. The third-order valence-corrected chi connectivity index (χ3v) is 5.79. The Balaban J connectivity index is 2.01. The van der Waals surface area contributed by atoms with Crippen LogP contribution in [0.4, 0.5) is 0 Å². The largest absolute Gasteiger partial charge is 0.480 e. The summed E-state index contributed by atoms with van der Waals surface area (Å²) in [5.74, 6) is 2.22. The van der Waals surface area contributed by atoms with Gasteiger partial charge in [0.05, 0.1) is 17.4 Å². The smallest absolute Gasteiger partial charge is 0.264 e. The number of carbonyl (C=O) groups excluding carboxylic acids is 1. The van der Waals surface area contributed by atoms with Crippen molar-refractivity contribution in [3.8, 4) is 5.88 Å². The van der Waals surface area contributed by atoms with Crippen molar-refractivity contribution in [1.29, 1.82) is 0 Å². The molecule has 3 rings (SSSR count). The van der Waals surface area contributed by atoms with Crippen molar-refractivity contribution < 1.29 is 14.3 Å². The first-order chi connectivity index (χ1) is 11.9. The third-order valence-electron chi connectivity index (χ3n) is 4.62. The van der Waals surface area contributed by atoms with Crippen LogP contribution in [0.3, 0.4) is 0 Å². The zero-order valence-corrected chi connectivity index (χ0v) is 16.3. The summed E-state index contributed by atoms with van der Waals surface area (Å²) in [6.07, 6.45) is 1.18. The van der Waals surface area contributed by atoms with E-state index in [0.717, 1.165) is 33.7 Å². The number of hydrogen-bond acceptors (Lipinski definition) is 6. The monoisotopic (exact) mass is 363 g/mol. The molecule has 2 aromatic rings. The summed E-state index contributed by atoms with van der Waals surface area (Å²) < 4.78 is 10.6. The van der Waals surface area contributed by atoms with Gasteiger partial charge in [-0.05, 0) is 30.7 Å². The summed E-state index contributed by atoms with van der Waals surface area (Å²) >= 11 is 1.42. The predicted octanol–water partition coefficient (Wildman–Crippen LogP) is 3.27. The van der Waals surface area contributed by atoms with Gasteiger partial charge >= 0.3 is 0 Å². The average Bonchev–Trinajstić information content (AvgIpc) is 2.89. The second kappa shape index (κ2) is 7.25. The fourth-order valence-corrected chi connectivity index (χ4v) is 4.82. The highest BCUT2D eigenvalue weighted by Gasteiger charge is 2.29. The number of aromatic nitrogens is 2. The minimum Gasteiger partial charge on any atom is -0.480 e. The molecule has 2 atom stereocenters. The number of carbonyl (C=O) groups is 1. The second-order valence-corrected chi connectivity index (χ2v) is 7.97. The van der Waals surface area contributed by atoms with E-state index in [0.29, 0.717) is 30.1 Å². The molecule has 1 amide bonds. The highest BCUT2D eigenvalue weighted by molar-refractivity contribution is 7.20. The molecule has 0 bridgehead atoms. The Bertz CT molecular complexity index is 779. The van der Waals surface area contributed by atoms with E-state index >= 15 is 0 Å². The molecule has 1 aliphatic rings. The predicted molar refractivity (Wildman–Crippen MR) is 98.3 cm³/mol. The summed E-state index contributed by atoms with van der Waals surface area (Å²) in [7, 11) is 3.19. The first-order valence-electron chi connectivity index (χ1n) is 8.56. The lowest BCUT2D eigenvalue weighted by Crippen LogP contribution is -2.42. The van der Waals surface area contributed by atoms with Crippen LogP contribution < -0.4 is 4.74 Å². The van der Waals surface area contributed by atoms with Crippen molar-refractivity contribution >= 4 is 27.5 Å². The van der Waals surface area contributed by atoms with Crippen molar-refractivity contribution in [2.75, 3.05) is 27.3 Å². The van der Waals surface area contributed by atoms with Crippen LogP contribution in [0.2, 0.25) is 0 Å². The molecule has 136 valence electrons. The Morgan fingerprint density at radius 2 is 1.92 bits per heavy atom. The lowest BCUT2D eigenvalue weighted by Gasteiger charge is -2.34. The summed E-state index contributed by atoms with van der Waals surface area (Å²) in [5.41, 5.74) is 0.900. The Morgan fingerprint density at radius 3 is 2.52 bits per heavy atom. The van der Waals surface area contributed by atoms with Gasteiger partial charge in [0.25, 0.3) is 5.91 Å². The van der Waals surface area contributed by atoms with E-state index in [-0.39, 0.29) is 5.91 Å². The van der Waals surface area contributed by atoms with E-state index in [4.69, 9.17) is 9.47 Å². The van der Waals surface area contributed by atoms with E-state index in [1.165, 1.54) is 17.8 Å². The summed E-state index contributed by atoms with van der Waals surface area (Å²) in [6.45, 7) is 8.31. The molecular formula is C18H25N3O3S. The van der Waals surface area contributed by atoms with Crippen LogP contribution in [-0.4, -0.2) is 48.1 Å². The van der Waals surface area contributed by atoms with Gasteiger partial charge in [-0.2, -0.15) is 4.98 Å². The van der Waals surface area contributed by atoms with Crippen LogP contribution in [0.25, 0.3) is 10.2 Å². The number of hydrogen-bond donors (Lipinski definition) is 0. The summed E-state index contributed by atoms with van der Waals surface area (Å²) in [5, 5.41) is 0.828. The SMILES string of the molecule is COCc1nc(OC)c2c(C)c(C(=O)N3CC(C)CC(C)C3)sc2n1. The number of rotatable bonds is 4. The molecule has 2 aromatic heterocycles. The van der Waals surface area contributed by atoms with Gasteiger partial charge in [-0.1, -0.05) is 13.8 Å². The van der Waals surface area contributed by atoms with Gasteiger partial charge < -0.3 is 14.4 Å². The number of amides is 1. The van der Waals surface area contributed by atoms with Crippen molar-refractivity contribution in [2.45, 2.75) is 33.8 Å². The molecule has 0 radical (unpaired) electrons. The number of piperidine rings is 1. The van der Waals surface area contributed by atoms with Crippen LogP contribution in [-0.2, 0) is 11.3 Å². The number of ether oxygens (including phenoxy) is 2. The number of likely N-dealkylation sites (tertiary alicyclic amines) is 1. The molecule has 0 aliphatic carbocycles. The molecule has 0 spiro atoms. The number of thiophene rings is 1. The van der Waals surface area contributed by atoms with Gasteiger partial charge in [-0.3, -0.25) is 4.79 Å². The zero-order chi connectivity index (χ0) is 18.1. The molecule has 0 aromatic carbocycles. The maximum Gasteiger partial charge on any atom is 0.264 e. The maximum absolute atomic E-state index is 13.1. The topological polar surface area (TPSA) is 64.6 Å². The Labute approximate surface area is 152 Å². The van der Waals surface area contributed by atoms with Gasteiger partial charge in [-0.15, -0.1) is 11.3 Å². The van der Waals surface area contributed by atoms with Crippen molar-refractivity contribution in [2.24, 2.45) is 11.8 Å². The molecule has 0 N–H and O–H groups in total. The van der Waals surface area contributed by atoms with E-state index in [9.17, 15) is 4.79 Å². The molecule has 3 heterocycles. The second-order valence-electron chi connectivity index (χ2n) is 6.97. The van der Waals surface area contributed by atoms with Crippen LogP contribution in [0.5, 0.6) is 5.88 Å². The van der Waals surface area contributed by atoms with E-state index < -0.39 is 0 Å². The molecule has 0 saturated carbocycles. The third kappa shape index (κ3) is 3.48. The molecular weight excluding hydrogens is 338 g/mol. The number of nitrogens with zero attached hydrogens (tertiary/aromatic N) is 3. The number of aryl methyl sites for hydroxylation is 1. The van der Waals surface area contributed by atoms with Crippen LogP contribution in [0, 0.1) is 18.8 Å². The lowest BCUT2D eigenvalue weighted by molar-refractivity contribution is 0.0627. The van der Waals surface area contributed by atoms with Gasteiger partial charge in [0, 0.05) is 20.2 Å². The summed E-state index contributed by atoms with van der Waals surface area (Å²) in [6, 6.07) is 0. The molecule has 7 heteroatoms. The first-order valence-corrected chi connectivity index (χ1v) is 9.38. The Hall–Kier alpha value is -1.73. The molecule has 2 unspecified atom stereocenters. The van der Waals surface area contributed by atoms with Gasteiger partial charge in [-0.25, -0.2) is 4.98 Å². The quantitative estimate of drug-likeness (QED) is 0.834. The van der Waals surface area contributed by atoms with E-state index in [1.54, 1.807) is 14.2 Å². The first kappa shape index (κ1) is 18.1. The average molecular weight is 363 g/mol. The fourth-order valence-electron chi connectivity index (χ4n) is 3.66. The van der Waals surface area contributed by atoms with Gasteiger partial charge in [0.2, 0.25) is 5.88 Å². The van der Waals surface area contributed by atoms with Gasteiger partial charge in [0.1, 0.15) is 11.4 Å². The van der Waals surface area contributed by atoms with Gasteiger partial charge in [0.15, 0.2) is 5.82 Å². The Kier molecular flexibility index (Phi) is 5.24. The normalized spacial score (nSPS) is 20.9. The van der Waals surface area contributed by atoms with Crippen molar-refractivity contribution in [1.82, 2.24) is 14.9 Å². The molecule has 25 heavy (non-hydrogen) atoms. The maximum atomic E-state index is 13.1. The lowest BCUT2D eigenvalue weighted by atomic mass is 9.92. The van der Waals surface area contributed by atoms with Crippen LogP contribution in [0.1, 0.15) is 41.3 Å². The molecule has 1 saturated heterocycles. The van der Waals surface area contributed by atoms with E-state index in [1.807, 2.05) is 11.8 Å². The van der Waals surface area contributed by atoms with Crippen molar-refractivity contribution in [3.05, 3.63) is 16.3 Å². The van der Waals surface area contributed by atoms with Crippen LogP contribution >= 0.6 is 11.3 Å². The standard InChI is InChI=1S/C18H25N3O3S/c1-10-6-11(2)8-21(7-10)18(22)15-12(3)14-16(24-5)19-13(9-23-4)20-17(14)25-15/h10-11H,6-9H2,1-5H3. The molecule has 1 aliphatic heterocycles. The highest BCUT2D eigenvalue weighted by Crippen LogP contribution is 2.36. The number of methoxy groups -OCH3 is 2. The van der Waals surface area contributed by atoms with Crippen molar-refractivity contribution in [3.63, 3.8) is 0 Å². The minimum absolute atomic E-state index is 0.0919. The Morgan fingerprint density at radius 1 is 1.24 bits per heavy atom. The van der Waals surface area contributed by atoms with Crippen LogP contribution in [0.15, 0.2) is 0 Å². The zero-order valence-electron chi connectivity index (χ0n) is 15.5. The number of fused-ring (bicyclic) bond motifs is 1. The molecule has 6 nitrogen and oxygen atoms in total. The molecule has 1 fully saturated rings. The van der Waals surface area contributed by atoms with E-state index in [2.05, 4.69) is 23.8 Å².